The molecule has 100 valence electrons. The number of carbonyl (C=O) groups is 1. The van der Waals surface area contributed by atoms with Crippen molar-refractivity contribution in [2.75, 3.05) is 11.5 Å². The van der Waals surface area contributed by atoms with Crippen LogP contribution in [0, 0.1) is 5.41 Å². The van der Waals surface area contributed by atoms with Gasteiger partial charge in [0.25, 0.3) is 0 Å². The van der Waals surface area contributed by atoms with Gasteiger partial charge in [-0.05, 0) is 37.2 Å². The standard InChI is InChI=1S/C14H26O2S/c1-2-17-12-8-11-14(13(15)16)9-6-4-3-5-7-10-14/h2-12H2,1H3,(H,15,16). The number of carboxylic acids is 1. The lowest BCUT2D eigenvalue weighted by atomic mass is 9.73. The van der Waals surface area contributed by atoms with Crippen molar-refractivity contribution < 1.29 is 9.90 Å². The molecule has 0 radical (unpaired) electrons. The Hall–Kier alpha value is -0.180. The van der Waals surface area contributed by atoms with E-state index in [1.165, 1.54) is 19.3 Å². The Balaban J connectivity index is 2.49. The van der Waals surface area contributed by atoms with E-state index in [4.69, 9.17) is 0 Å². The fourth-order valence-corrected chi connectivity index (χ4v) is 3.45. The highest BCUT2D eigenvalue weighted by atomic mass is 32.2. The first-order chi connectivity index (χ1) is 8.21. The van der Waals surface area contributed by atoms with E-state index in [-0.39, 0.29) is 0 Å². The predicted molar refractivity (Wildman–Crippen MR) is 74.6 cm³/mol. The molecule has 0 atom stereocenters. The minimum Gasteiger partial charge on any atom is -0.481 e. The van der Waals surface area contributed by atoms with Crippen LogP contribution in [0.4, 0.5) is 0 Å². The molecule has 0 spiro atoms. The van der Waals surface area contributed by atoms with Crippen molar-refractivity contribution >= 4 is 17.7 Å². The van der Waals surface area contributed by atoms with E-state index in [0.717, 1.165) is 50.0 Å². The summed E-state index contributed by atoms with van der Waals surface area (Å²) in [7, 11) is 0. The number of aliphatic carboxylic acids is 1. The number of thioether (sulfide) groups is 1. The summed E-state index contributed by atoms with van der Waals surface area (Å²) in [5, 5.41) is 9.56. The molecule has 1 rings (SSSR count). The Labute approximate surface area is 110 Å². The number of hydrogen-bond donors (Lipinski definition) is 1. The summed E-state index contributed by atoms with van der Waals surface area (Å²) < 4.78 is 0. The topological polar surface area (TPSA) is 37.3 Å². The average Bonchev–Trinajstić information content (AvgIpc) is 2.26. The molecule has 3 heteroatoms. The molecule has 0 bridgehead atoms. The minimum atomic E-state index is -0.541. The van der Waals surface area contributed by atoms with Crippen LogP contribution < -0.4 is 0 Å². The van der Waals surface area contributed by atoms with Gasteiger partial charge in [0.15, 0.2) is 0 Å². The van der Waals surface area contributed by atoms with Crippen LogP contribution in [0.2, 0.25) is 0 Å². The fourth-order valence-electron chi connectivity index (χ4n) is 2.81. The second-order valence-electron chi connectivity index (χ2n) is 5.15. The van der Waals surface area contributed by atoms with Crippen LogP contribution in [-0.4, -0.2) is 22.6 Å². The summed E-state index contributed by atoms with van der Waals surface area (Å²) in [5.41, 5.74) is -0.394. The van der Waals surface area contributed by atoms with E-state index < -0.39 is 11.4 Å². The Bertz CT molecular complexity index is 220. The summed E-state index contributed by atoms with van der Waals surface area (Å²) in [6, 6.07) is 0. The maximum absolute atomic E-state index is 11.6. The van der Waals surface area contributed by atoms with Gasteiger partial charge in [-0.25, -0.2) is 0 Å². The van der Waals surface area contributed by atoms with Gasteiger partial charge in [0.05, 0.1) is 5.41 Å². The molecular formula is C14H26O2S. The average molecular weight is 258 g/mol. The first kappa shape index (κ1) is 14.9. The van der Waals surface area contributed by atoms with Crippen LogP contribution in [0.1, 0.15) is 64.7 Å². The smallest absolute Gasteiger partial charge is 0.309 e. The molecule has 1 aliphatic rings. The molecule has 0 aromatic rings. The van der Waals surface area contributed by atoms with Crippen molar-refractivity contribution in [3.05, 3.63) is 0 Å². The van der Waals surface area contributed by atoms with E-state index >= 15 is 0 Å². The third-order valence-electron chi connectivity index (χ3n) is 3.91. The molecule has 17 heavy (non-hydrogen) atoms. The Morgan fingerprint density at radius 1 is 1.18 bits per heavy atom. The Morgan fingerprint density at radius 3 is 2.29 bits per heavy atom. The molecule has 1 N–H and O–H groups in total. The zero-order valence-corrected chi connectivity index (χ0v) is 11.9. The third-order valence-corrected chi connectivity index (χ3v) is 4.90. The molecule has 0 aliphatic heterocycles. The minimum absolute atomic E-state index is 0.394. The van der Waals surface area contributed by atoms with Crippen molar-refractivity contribution in [2.45, 2.75) is 64.7 Å². The normalized spacial score (nSPS) is 20.5. The molecular weight excluding hydrogens is 232 g/mol. The van der Waals surface area contributed by atoms with Crippen molar-refractivity contribution in [2.24, 2.45) is 5.41 Å². The van der Waals surface area contributed by atoms with Gasteiger partial charge in [-0.3, -0.25) is 4.79 Å². The van der Waals surface area contributed by atoms with E-state index in [1.807, 2.05) is 11.8 Å². The summed E-state index contributed by atoms with van der Waals surface area (Å²) in [5.74, 6) is 1.71. The third kappa shape index (κ3) is 4.90. The van der Waals surface area contributed by atoms with Gasteiger partial charge in [0, 0.05) is 0 Å². The summed E-state index contributed by atoms with van der Waals surface area (Å²) in [6.45, 7) is 2.16. The van der Waals surface area contributed by atoms with Crippen molar-refractivity contribution in [3.8, 4) is 0 Å². The van der Waals surface area contributed by atoms with Gasteiger partial charge in [0.1, 0.15) is 0 Å². The number of rotatable bonds is 6. The molecule has 0 unspecified atom stereocenters. The SMILES string of the molecule is CCSCCCC1(C(=O)O)CCCCCCC1. The van der Waals surface area contributed by atoms with E-state index in [2.05, 4.69) is 6.92 Å². The zero-order chi connectivity index (χ0) is 12.6. The van der Waals surface area contributed by atoms with Gasteiger partial charge < -0.3 is 5.11 Å². The second-order valence-corrected chi connectivity index (χ2v) is 6.55. The maximum Gasteiger partial charge on any atom is 0.309 e. The summed E-state index contributed by atoms with van der Waals surface area (Å²) >= 11 is 1.92. The first-order valence-corrected chi connectivity index (χ1v) is 8.18. The van der Waals surface area contributed by atoms with Crippen LogP contribution in [0.5, 0.6) is 0 Å². The number of carboxylic acid groups (broad SMARTS) is 1. The molecule has 0 aromatic carbocycles. The Morgan fingerprint density at radius 2 is 1.76 bits per heavy atom. The quantitative estimate of drug-likeness (QED) is 0.720. The van der Waals surface area contributed by atoms with Crippen LogP contribution in [0.25, 0.3) is 0 Å². The van der Waals surface area contributed by atoms with Gasteiger partial charge in [-0.15, -0.1) is 0 Å². The molecule has 0 amide bonds. The van der Waals surface area contributed by atoms with Crippen molar-refractivity contribution in [1.82, 2.24) is 0 Å². The molecule has 1 fully saturated rings. The highest BCUT2D eigenvalue weighted by Crippen LogP contribution is 2.38. The summed E-state index contributed by atoms with van der Waals surface area (Å²) in [4.78, 5) is 11.6. The highest BCUT2D eigenvalue weighted by Gasteiger charge is 2.37. The molecule has 1 aliphatic carbocycles. The van der Waals surface area contributed by atoms with Crippen molar-refractivity contribution in [3.63, 3.8) is 0 Å². The van der Waals surface area contributed by atoms with Gasteiger partial charge in [-0.1, -0.05) is 39.0 Å². The first-order valence-electron chi connectivity index (χ1n) is 7.02. The second kappa shape index (κ2) is 8.02. The van der Waals surface area contributed by atoms with Crippen molar-refractivity contribution in [1.29, 1.82) is 0 Å². The summed E-state index contributed by atoms with van der Waals surface area (Å²) in [6.07, 6.45) is 9.69. The molecule has 1 saturated carbocycles. The zero-order valence-electron chi connectivity index (χ0n) is 11.0. The Kier molecular flexibility index (Phi) is 7.02. The lowest BCUT2D eigenvalue weighted by molar-refractivity contribution is -0.151. The van der Waals surface area contributed by atoms with Gasteiger partial charge in [0.2, 0.25) is 0 Å². The van der Waals surface area contributed by atoms with Crippen LogP contribution in [-0.2, 0) is 4.79 Å². The van der Waals surface area contributed by atoms with Gasteiger partial charge in [-0.2, -0.15) is 11.8 Å². The molecule has 0 saturated heterocycles. The molecule has 0 aromatic heterocycles. The lowest BCUT2D eigenvalue weighted by Gasteiger charge is -2.31. The van der Waals surface area contributed by atoms with E-state index in [1.54, 1.807) is 0 Å². The monoisotopic (exact) mass is 258 g/mol. The van der Waals surface area contributed by atoms with Crippen LogP contribution in [0.3, 0.4) is 0 Å². The maximum atomic E-state index is 11.6. The van der Waals surface area contributed by atoms with E-state index in [0.29, 0.717) is 0 Å². The lowest BCUT2D eigenvalue weighted by Crippen LogP contribution is -2.32. The van der Waals surface area contributed by atoms with Crippen LogP contribution >= 0.6 is 11.8 Å². The molecule has 2 nitrogen and oxygen atoms in total. The number of hydrogen-bond acceptors (Lipinski definition) is 2. The largest absolute Gasteiger partial charge is 0.481 e. The fraction of sp³-hybridized carbons (Fsp3) is 0.929. The van der Waals surface area contributed by atoms with Gasteiger partial charge >= 0.3 is 5.97 Å². The highest BCUT2D eigenvalue weighted by molar-refractivity contribution is 7.99. The predicted octanol–water partition coefficient (Wildman–Crippen LogP) is 4.34. The molecule has 0 heterocycles. The van der Waals surface area contributed by atoms with Crippen LogP contribution in [0.15, 0.2) is 0 Å². The van der Waals surface area contributed by atoms with E-state index in [9.17, 15) is 9.90 Å².